The number of hydrogen-bond acceptors (Lipinski definition) is 2. The van der Waals surface area contributed by atoms with E-state index in [0.29, 0.717) is 0 Å². The van der Waals surface area contributed by atoms with Crippen LogP contribution in [0.1, 0.15) is 0 Å². The molecule has 2 aliphatic rings. The van der Waals surface area contributed by atoms with Gasteiger partial charge < -0.3 is 9.80 Å². The van der Waals surface area contributed by atoms with Crippen LogP contribution in [-0.4, -0.2) is 6.71 Å². The molecule has 0 fully saturated rings. The quantitative estimate of drug-likeness (QED) is 0.126. The fourth-order valence-electron chi connectivity index (χ4n) is 12.8. The van der Waals surface area contributed by atoms with Crippen LogP contribution in [0.3, 0.4) is 0 Å². The van der Waals surface area contributed by atoms with Crippen molar-refractivity contribution in [3.8, 4) is 89.0 Å². The van der Waals surface area contributed by atoms with Crippen molar-refractivity contribution in [2.45, 2.75) is 0 Å². The maximum absolute atomic E-state index is 2.52. The van der Waals surface area contributed by atoms with E-state index in [1.807, 2.05) is 0 Å². The maximum Gasteiger partial charge on any atom is 0.252 e. The van der Waals surface area contributed by atoms with Crippen LogP contribution < -0.4 is 26.2 Å². The largest absolute Gasteiger partial charge is 0.311 e. The molecule has 0 aliphatic carbocycles. The normalized spacial score (nSPS) is 12.1. The Kier molecular flexibility index (Phi) is 12.0. The van der Waals surface area contributed by atoms with Crippen molar-refractivity contribution >= 4 is 57.2 Å². The minimum absolute atomic E-state index is 0.0723. The minimum atomic E-state index is -0.0723. The lowest BCUT2D eigenvalue weighted by molar-refractivity contribution is 1.25. The highest BCUT2D eigenvalue weighted by atomic mass is 15.2. The monoisotopic (exact) mass is 1030 g/mol. The van der Waals surface area contributed by atoms with E-state index < -0.39 is 0 Å². The van der Waals surface area contributed by atoms with Crippen LogP contribution in [0.25, 0.3) is 89.0 Å². The summed E-state index contributed by atoms with van der Waals surface area (Å²) in [5.74, 6) is 0. The Balaban J connectivity index is 0.927. The van der Waals surface area contributed by atoms with Crippen molar-refractivity contribution in [2.75, 3.05) is 9.80 Å². The van der Waals surface area contributed by atoms with Gasteiger partial charge in [0.15, 0.2) is 0 Å². The molecule has 0 unspecified atom stereocenters. The SMILES string of the molecule is c1ccc(-c2ccc3c(c2)B2c4cc(-c5ccccc5)ccc4N(c4ccc(-c5c(-c6ccccc6)cccc5-c5ccccc5)cc4)c4cccc(c42)N3c2ccc(-c3c(-c4ccccc4)cccc3-c3ccccc3)cc2)cc1. The molecule has 0 saturated heterocycles. The third-order valence-electron chi connectivity index (χ3n) is 16.5. The van der Waals surface area contributed by atoms with Crippen molar-refractivity contribution in [3.63, 3.8) is 0 Å². The lowest BCUT2D eigenvalue weighted by Crippen LogP contribution is -2.61. The molecule has 378 valence electrons. The van der Waals surface area contributed by atoms with E-state index in [1.54, 1.807) is 0 Å². The first-order chi connectivity index (χ1) is 40.2. The van der Waals surface area contributed by atoms with E-state index in [1.165, 1.54) is 128 Å². The second kappa shape index (κ2) is 20.4. The number of anilines is 6. The fourth-order valence-corrected chi connectivity index (χ4v) is 12.8. The molecule has 0 atom stereocenters. The predicted octanol–water partition coefficient (Wildman–Crippen LogP) is 19.1. The van der Waals surface area contributed by atoms with E-state index in [2.05, 4.69) is 331 Å². The van der Waals surface area contributed by atoms with Crippen LogP contribution in [0.5, 0.6) is 0 Å². The summed E-state index contributed by atoms with van der Waals surface area (Å²) in [6.07, 6.45) is 0. The third kappa shape index (κ3) is 8.46. The van der Waals surface area contributed by atoms with Gasteiger partial charge in [-0.05, 0) is 154 Å². The minimum Gasteiger partial charge on any atom is -0.311 e. The molecule has 0 spiro atoms. The van der Waals surface area contributed by atoms with E-state index in [4.69, 9.17) is 0 Å². The molecular weight excluding hydrogens is 976 g/mol. The van der Waals surface area contributed by atoms with Gasteiger partial charge in [-0.25, -0.2) is 0 Å². The van der Waals surface area contributed by atoms with Gasteiger partial charge in [0.2, 0.25) is 0 Å². The highest BCUT2D eigenvalue weighted by molar-refractivity contribution is 7.00. The Morgan fingerprint density at radius 1 is 0.198 bits per heavy atom. The number of fused-ring (bicyclic) bond motifs is 4. The summed E-state index contributed by atoms with van der Waals surface area (Å²) in [6.45, 7) is -0.0723. The summed E-state index contributed by atoms with van der Waals surface area (Å²) in [5, 5.41) is 0. The van der Waals surface area contributed by atoms with Gasteiger partial charge in [-0.1, -0.05) is 273 Å². The van der Waals surface area contributed by atoms with Gasteiger partial charge in [-0.2, -0.15) is 0 Å². The maximum atomic E-state index is 2.52. The summed E-state index contributed by atoms with van der Waals surface area (Å²) in [6, 6.07) is 118. The summed E-state index contributed by atoms with van der Waals surface area (Å²) < 4.78 is 0. The molecule has 0 N–H and O–H groups in total. The van der Waals surface area contributed by atoms with Crippen LogP contribution in [0, 0.1) is 0 Å². The molecule has 13 aromatic rings. The molecule has 13 aromatic carbocycles. The zero-order valence-electron chi connectivity index (χ0n) is 44.6. The Labute approximate surface area is 474 Å². The molecule has 3 heteroatoms. The number of benzene rings is 13. The van der Waals surface area contributed by atoms with Gasteiger partial charge in [0.05, 0.1) is 0 Å². The Morgan fingerprint density at radius 3 is 0.802 bits per heavy atom. The lowest BCUT2D eigenvalue weighted by atomic mass is 9.33. The van der Waals surface area contributed by atoms with Crippen LogP contribution in [0.4, 0.5) is 34.1 Å². The molecule has 2 nitrogen and oxygen atoms in total. The van der Waals surface area contributed by atoms with Crippen molar-refractivity contribution in [3.05, 3.63) is 322 Å². The summed E-state index contributed by atoms with van der Waals surface area (Å²) in [5.41, 5.74) is 29.9. The molecule has 0 radical (unpaired) electrons. The molecule has 0 saturated carbocycles. The van der Waals surface area contributed by atoms with Crippen molar-refractivity contribution < 1.29 is 0 Å². The molecule has 2 heterocycles. The predicted molar refractivity (Wildman–Crippen MR) is 344 cm³/mol. The molecule has 0 bridgehead atoms. The zero-order chi connectivity index (χ0) is 53.6. The first kappa shape index (κ1) is 47.7. The molecule has 2 aliphatic heterocycles. The summed E-state index contributed by atoms with van der Waals surface area (Å²) >= 11 is 0. The number of nitrogens with zero attached hydrogens (tertiary/aromatic N) is 2. The average Bonchev–Trinajstić information content (AvgIpc) is 3.66. The Morgan fingerprint density at radius 2 is 0.481 bits per heavy atom. The standard InChI is InChI=1S/C78H53BN2/c1-7-22-54(23-8-1)62-44-50-72-70(52-62)79-71-53-63(55-24-9-2-10-25-55)45-51-73(71)81(65-48-42-61(43-49-65)77-68(58-30-15-5-16-31-58)36-20-37-69(77)59-32-17-6-18-33-59)75-39-21-38-74(78(75)79)80(72)64-46-40-60(41-47-64)76-66(56-26-11-3-12-27-56)34-19-35-67(76)57-28-13-4-14-29-57/h1-53H. The van der Waals surface area contributed by atoms with E-state index >= 15 is 0 Å². The Hall–Kier alpha value is -10.5. The molecule has 0 aromatic heterocycles. The first-order valence-corrected chi connectivity index (χ1v) is 28.0. The highest BCUT2D eigenvalue weighted by Crippen LogP contribution is 2.48. The number of hydrogen-bond donors (Lipinski definition) is 0. The number of rotatable bonds is 10. The molecule has 15 rings (SSSR count). The molecular formula is C78H53BN2. The first-order valence-electron chi connectivity index (χ1n) is 28.0. The van der Waals surface area contributed by atoms with Crippen LogP contribution in [0.15, 0.2) is 322 Å². The van der Waals surface area contributed by atoms with Crippen LogP contribution in [-0.2, 0) is 0 Å². The van der Waals surface area contributed by atoms with E-state index in [0.717, 1.165) is 11.4 Å². The lowest BCUT2D eigenvalue weighted by Gasteiger charge is -2.44. The molecule has 81 heavy (non-hydrogen) atoms. The van der Waals surface area contributed by atoms with E-state index in [-0.39, 0.29) is 6.71 Å². The van der Waals surface area contributed by atoms with Crippen molar-refractivity contribution in [2.24, 2.45) is 0 Å². The van der Waals surface area contributed by atoms with Crippen molar-refractivity contribution in [1.29, 1.82) is 0 Å². The van der Waals surface area contributed by atoms with Gasteiger partial charge in [0.1, 0.15) is 0 Å². The van der Waals surface area contributed by atoms with Gasteiger partial charge >= 0.3 is 0 Å². The average molecular weight is 1030 g/mol. The smallest absolute Gasteiger partial charge is 0.252 e. The van der Waals surface area contributed by atoms with E-state index in [9.17, 15) is 0 Å². The fraction of sp³-hybridized carbons (Fsp3) is 0. The second-order valence-electron chi connectivity index (χ2n) is 21.1. The summed E-state index contributed by atoms with van der Waals surface area (Å²) in [4.78, 5) is 5.03. The third-order valence-corrected chi connectivity index (χ3v) is 16.5. The van der Waals surface area contributed by atoms with Gasteiger partial charge in [-0.3, -0.25) is 0 Å². The van der Waals surface area contributed by atoms with Crippen LogP contribution >= 0.6 is 0 Å². The topological polar surface area (TPSA) is 6.48 Å². The van der Waals surface area contributed by atoms with Gasteiger partial charge in [-0.15, -0.1) is 0 Å². The molecule has 0 amide bonds. The Bertz CT molecular complexity index is 4020. The summed E-state index contributed by atoms with van der Waals surface area (Å²) in [7, 11) is 0. The zero-order valence-corrected chi connectivity index (χ0v) is 44.6. The van der Waals surface area contributed by atoms with Gasteiger partial charge in [0.25, 0.3) is 6.71 Å². The van der Waals surface area contributed by atoms with Gasteiger partial charge in [0, 0.05) is 34.1 Å². The second-order valence-corrected chi connectivity index (χ2v) is 21.1. The van der Waals surface area contributed by atoms with Crippen LogP contribution in [0.2, 0.25) is 0 Å². The van der Waals surface area contributed by atoms with Crippen molar-refractivity contribution in [1.82, 2.24) is 0 Å². The highest BCUT2D eigenvalue weighted by Gasteiger charge is 2.43.